The molecule has 1 rings (SSSR count). The Morgan fingerprint density at radius 2 is 2.12 bits per heavy atom. The normalized spacial score (nSPS) is 17.4. The molecule has 0 amide bonds. The van der Waals surface area contributed by atoms with Gasteiger partial charge in [0.25, 0.3) is 0 Å². The van der Waals surface area contributed by atoms with E-state index in [1.807, 2.05) is 7.05 Å². The summed E-state index contributed by atoms with van der Waals surface area (Å²) < 4.78 is 11.0. The van der Waals surface area contributed by atoms with Crippen molar-refractivity contribution in [3.05, 3.63) is 0 Å². The fourth-order valence-corrected chi connectivity index (χ4v) is 1.65. The van der Waals surface area contributed by atoms with Crippen molar-refractivity contribution < 1.29 is 9.47 Å². The molecule has 1 aliphatic rings. The van der Waals surface area contributed by atoms with E-state index < -0.39 is 0 Å². The van der Waals surface area contributed by atoms with Crippen LogP contribution < -0.4 is 10.6 Å². The van der Waals surface area contributed by atoms with Crippen molar-refractivity contribution in [1.82, 2.24) is 10.6 Å². The molecule has 0 atom stereocenters. The van der Waals surface area contributed by atoms with Crippen LogP contribution in [0.25, 0.3) is 0 Å². The summed E-state index contributed by atoms with van der Waals surface area (Å²) in [5, 5.41) is 6.16. The van der Waals surface area contributed by atoms with Crippen molar-refractivity contribution in [2.45, 2.75) is 25.4 Å². The van der Waals surface area contributed by atoms with Gasteiger partial charge in [0.2, 0.25) is 0 Å². The molecule has 17 heavy (non-hydrogen) atoms. The maximum absolute atomic E-state index is 5.75. The minimum Gasteiger partial charge on any atom is -0.381 e. The number of rotatable bonds is 5. The summed E-state index contributed by atoms with van der Waals surface area (Å²) in [6.07, 6.45) is 3.47. The second kappa shape index (κ2) is 11.0. The van der Waals surface area contributed by atoms with Crippen LogP contribution in [0.15, 0.2) is 4.99 Å². The Morgan fingerprint density at radius 3 is 2.71 bits per heavy atom. The maximum Gasteiger partial charge on any atom is 0.190 e. The molecule has 1 aliphatic heterocycles. The summed E-state index contributed by atoms with van der Waals surface area (Å²) in [7, 11) is 3.62. The van der Waals surface area contributed by atoms with Crippen LogP contribution in [0.4, 0.5) is 0 Å². The van der Waals surface area contributed by atoms with Crippen molar-refractivity contribution in [3.63, 3.8) is 0 Å². The van der Waals surface area contributed by atoms with Gasteiger partial charge in [0, 0.05) is 40.5 Å². The van der Waals surface area contributed by atoms with Gasteiger partial charge in [-0.15, -0.1) is 24.0 Å². The van der Waals surface area contributed by atoms with Crippen molar-refractivity contribution in [2.75, 3.05) is 40.5 Å². The van der Waals surface area contributed by atoms with Gasteiger partial charge in [0.15, 0.2) is 5.96 Å². The molecule has 0 aromatic heterocycles. The van der Waals surface area contributed by atoms with Crippen molar-refractivity contribution >= 4 is 29.9 Å². The fraction of sp³-hybridized carbons (Fsp3) is 0.909. The predicted octanol–water partition coefficient (Wildman–Crippen LogP) is 0.985. The molecule has 0 aromatic carbocycles. The third-order valence-corrected chi connectivity index (χ3v) is 2.60. The molecule has 2 N–H and O–H groups in total. The van der Waals surface area contributed by atoms with E-state index in [0.717, 1.165) is 51.6 Å². The fourth-order valence-electron chi connectivity index (χ4n) is 1.65. The van der Waals surface area contributed by atoms with Crippen LogP contribution in [0.3, 0.4) is 0 Å². The van der Waals surface area contributed by atoms with E-state index in [9.17, 15) is 0 Å². The second-order valence-corrected chi connectivity index (χ2v) is 3.79. The van der Waals surface area contributed by atoms with E-state index in [0.29, 0.717) is 6.10 Å². The highest BCUT2D eigenvalue weighted by Gasteiger charge is 2.13. The Labute approximate surface area is 121 Å². The van der Waals surface area contributed by atoms with Crippen LogP contribution in [0, 0.1) is 0 Å². The van der Waals surface area contributed by atoms with Gasteiger partial charge in [-0.2, -0.15) is 0 Å². The van der Waals surface area contributed by atoms with Crippen LogP contribution in [0.5, 0.6) is 0 Å². The molecule has 102 valence electrons. The molecule has 0 aromatic rings. The van der Waals surface area contributed by atoms with E-state index >= 15 is 0 Å². The number of nitrogens with one attached hydrogen (secondary N) is 2. The zero-order valence-corrected chi connectivity index (χ0v) is 13.0. The Kier molecular flexibility index (Phi) is 11.0. The summed E-state index contributed by atoms with van der Waals surface area (Å²) in [4.78, 5) is 4.03. The highest BCUT2D eigenvalue weighted by atomic mass is 127. The molecular formula is C11H24IN3O2. The lowest BCUT2D eigenvalue weighted by atomic mass is 10.1. The topological polar surface area (TPSA) is 54.9 Å². The lowest BCUT2D eigenvalue weighted by Crippen LogP contribution is -2.35. The van der Waals surface area contributed by atoms with Crippen molar-refractivity contribution in [1.29, 1.82) is 0 Å². The number of ether oxygens (including phenoxy) is 2. The first-order valence-corrected chi connectivity index (χ1v) is 5.94. The molecule has 0 spiro atoms. The van der Waals surface area contributed by atoms with Crippen LogP contribution in [-0.2, 0) is 9.47 Å². The Bertz CT molecular complexity index is 209. The number of aliphatic imine (C=N–C) groups is 1. The van der Waals surface area contributed by atoms with Crippen LogP contribution in [0.2, 0.25) is 0 Å². The van der Waals surface area contributed by atoms with Gasteiger partial charge in [0.05, 0.1) is 6.10 Å². The molecular weight excluding hydrogens is 333 g/mol. The third kappa shape index (κ3) is 7.77. The van der Waals surface area contributed by atoms with E-state index in [-0.39, 0.29) is 24.0 Å². The minimum absolute atomic E-state index is 0. The third-order valence-electron chi connectivity index (χ3n) is 2.60. The predicted molar refractivity (Wildman–Crippen MR) is 80.2 cm³/mol. The lowest BCUT2D eigenvalue weighted by Gasteiger charge is -2.22. The summed E-state index contributed by atoms with van der Waals surface area (Å²) in [6.45, 7) is 3.37. The first kappa shape index (κ1) is 16.9. The van der Waals surface area contributed by atoms with E-state index in [1.54, 1.807) is 7.05 Å². The highest BCUT2D eigenvalue weighted by molar-refractivity contribution is 14.0. The molecule has 1 fully saturated rings. The Morgan fingerprint density at radius 1 is 1.41 bits per heavy atom. The molecule has 0 bridgehead atoms. The van der Waals surface area contributed by atoms with Crippen LogP contribution >= 0.6 is 24.0 Å². The van der Waals surface area contributed by atoms with Crippen LogP contribution in [-0.4, -0.2) is 52.5 Å². The number of hydrogen-bond acceptors (Lipinski definition) is 3. The summed E-state index contributed by atoms with van der Waals surface area (Å²) in [5.41, 5.74) is 0. The molecule has 0 aliphatic carbocycles. The molecule has 0 radical (unpaired) electrons. The molecule has 1 heterocycles. The van der Waals surface area contributed by atoms with Crippen molar-refractivity contribution in [3.8, 4) is 0 Å². The average molecular weight is 357 g/mol. The van der Waals surface area contributed by atoms with Gasteiger partial charge in [-0.3, -0.25) is 4.99 Å². The van der Waals surface area contributed by atoms with Gasteiger partial charge < -0.3 is 20.1 Å². The molecule has 0 saturated carbocycles. The summed E-state index contributed by atoms with van der Waals surface area (Å²) in [6, 6.07) is 0. The first-order chi connectivity index (χ1) is 7.86. The van der Waals surface area contributed by atoms with Gasteiger partial charge in [-0.1, -0.05) is 0 Å². The van der Waals surface area contributed by atoms with E-state index in [1.165, 1.54) is 0 Å². The zero-order chi connectivity index (χ0) is 11.6. The SMILES string of the molecule is CN=C(NC)NCCCOC1CCOCC1.I. The van der Waals surface area contributed by atoms with Gasteiger partial charge in [0.1, 0.15) is 0 Å². The molecule has 6 heteroatoms. The number of nitrogens with zero attached hydrogens (tertiary/aromatic N) is 1. The van der Waals surface area contributed by atoms with Crippen molar-refractivity contribution in [2.24, 2.45) is 4.99 Å². The van der Waals surface area contributed by atoms with Gasteiger partial charge in [-0.05, 0) is 19.3 Å². The standard InChI is InChI=1S/C11H23N3O2.HI/c1-12-11(13-2)14-6-3-7-16-10-4-8-15-9-5-10;/h10H,3-9H2,1-2H3,(H2,12,13,14);1H. The Hall–Kier alpha value is -0.0800. The summed E-state index contributed by atoms with van der Waals surface area (Å²) >= 11 is 0. The minimum atomic E-state index is 0. The van der Waals surface area contributed by atoms with E-state index in [4.69, 9.17) is 9.47 Å². The highest BCUT2D eigenvalue weighted by Crippen LogP contribution is 2.10. The lowest BCUT2D eigenvalue weighted by molar-refractivity contribution is -0.0320. The monoisotopic (exact) mass is 357 g/mol. The molecule has 0 unspecified atom stereocenters. The van der Waals surface area contributed by atoms with Crippen LogP contribution in [0.1, 0.15) is 19.3 Å². The van der Waals surface area contributed by atoms with E-state index in [2.05, 4.69) is 15.6 Å². The Balaban J connectivity index is 0.00000256. The maximum atomic E-state index is 5.75. The molecule has 5 nitrogen and oxygen atoms in total. The second-order valence-electron chi connectivity index (χ2n) is 3.79. The van der Waals surface area contributed by atoms with Gasteiger partial charge >= 0.3 is 0 Å². The largest absolute Gasteiger partial charge is 0.381 e. The first-order valence-electron chi connectivity index (χ1n) is 5.94. The van der Waals surface area contributed by atoms with Gasteiger partial charge in [-0.25, -0.2) is 0 Å². The zero-order valence-electron chi connectivity index (χ0n) is 10.7. The molecule has 1 saturated heterocycles. The number of hydrogen-bond donors (Lipinski definition) is 2. The number of guanidine groups is 1. The average Bonchev–Trinajstić information content (AvgIpc) is 2.35. The smallest absolute Gasteiger partial charge is 0.190 e. The summed E-state index contributed by atoms with van der Waals surface area (Å²) in [5.74, 6) is 0.825. The number of halogens is 1. The quantitative estimate of drug-likeness (QED) is 0.334.